The molecule has 0 amide bonds. The van der Waals surface area contributed by atoms with Gasteiger partial charge >= 0.3 is 5.97 Å². The summed E-state index contributed by atoms with van der Waals surface area (Å²) in [6.45, 7) is 4.48. The normalized spacial score (nSPS) is 20.9. The monoisotopic (exact) mass is 540 g/mol. The van der Waals surface area contributed by atoms with Crippen molar-refractivity contribution in [1.29, 1.82) is 0 Å². The summed E-state index contributed by atoms with van der Waals surface area (Å²) in [5, 5.41) is 21.9. The van der Waals surface area contributed by atoms with Crippen LogP contribution < -0.4 is 5.32 Å². The Hall–Kier alpha value is -3.25. The molecule has 0 spiro atoms. The molecule has 11 heteroatoms. The predicted octanol–water partition coefficient (Wildman–Crippen LogP) is 2.39. The molecule has 2 aliphatic rings. The molecule has 3 unspecified atom stereocenters. The number of benzene rings is 1. The number of aryl methyl sites for hydroxylation is 1. The van der Waals surface area contributed by atoms with Gasteiger partial charge < -0.3 is 9.84 Å². The number of aliphatic hydroxyl groups is 1. The van der Waals surface area contributed by atoms with Gasteiger partial charge in [-0.05, 0) is 37.6 Å². The molecule has 1 fully saturated rings. The van der Waals surface area contributed by atoms with E-state index in [9.17, 15) is 18.7 Å². The number of fused-ring (bicyclic) bond motifs is 1. The fraction of sp³-hybridized carbons (Fsp3) is 0.464. The third-order valence-electron chi connectivity index (χ3n) is 7.55. The molecule has 39 heavy (non-hydrogen) atoms. The lowest BCUT2D eigenvalue weighted by Crippen LogP contribution is -2.55. The maximum Gasteiger partial charge on any atom is 0.310 e. The number of methoxy groups -OCH3 is 1. The van der Waals surface area contributed by atoms with E-state index in [4.69, 9.17) is 4.74 Å². The summed E-state index contributed by atoms with van der Waals surface area (Å²) in [7, 11) is 1.33. The fourth-order valence-corrected chi connectivity index (χ4v) is 5.69. The highest BCUT2D eigenvalue weighted by molar-refractivity contribution is 5.72. The van der Waals surface area contributed by atoms with Gasteiger partial charge in [0.25, 0.3) is 0 Å². The summed E-state index contributed by atoms with van der Waals surface area (Å²) < 4.78 is 33.6. The van der Waals surface area contributed by atoms with E-state index in [1.54, 1.807) is 6.20 Å². The molecule has 3 N–H and O–H groups in total. The van der Waals surface area contributed by atoms with E-state index in [0.29, 0.717) is 32.6 Å². The molecule has 5 rings (SSSR count). The first-order chi connectivity index (χ1) is 18.8. The number of aromatic nitrogens is 3. The highest BCUT2D eigenvalue weighted by Crippen LogP contribution is 2.29. The molecule has 0 aliphatic carbocycles. The number of hydrogen-bond acceptors (Lipinski definition) is 8. The number of likely N-dealkylation sites (tertiary alicyclic amines) is 1. The molecule has 0 bridgehead atoms. The number of β-amino-alcohol motifs (C(OH)–C–C–N with tert-alkyl or cyclic N) is 1. The Balaban J connectivity index is 1.23. The number of rotatable bonds is 8. The molecule has 208 valence electrons. The molecular weight excluding hydrogens is 506 g/mol. The molecule has 2 aliphatic heterocycles. The topological polar surface area (TPSA) is 107 Å². The number of pyridine rings is 1. The molecule has 1 saturated heterocycles. The predicted molar refractivity (Wildman–Crippen MR) is 140 cm³/mol. The van der Waals surface area contributed by atoms with Crippen molar-refractivity contribution in [2.45, 2.75) is 45.1 Å². The molecule has 4 heterocycles. The Bertz CT molecular complexity index is 1300. The number of aliphatic hydroxyl groups excluding tert-OH is 1. The average molecular weight is 541 g/mol. The zero-order valence-corrected chi connectivity index (χ0v) is 22.2. The van der Waals surface area contributed by atoms with Crippen LogP contribution in [0.25, 0.3) is 11.3 Å². The first-order valence-corrected chi connectivity index (χ1v) is 13.2. The van der Waals surface area contributed by atoms with Gasteiger partial charge in [-0.1, -0.05) is 6.07 Å². The molecular formula is C28H34F2N6O3. The van der Waals surface area contributed by atoms with Crippen LogP contribution in [0.15, 0.2) is 36.5 Å². The van der Waals surface area contributed by atoms with Crippen molar-refractivity contribution in [3.63, 3.8) is 0 Å². The van der Waals surface area contributed by atoms with Crippen molar-refractivity contribution in [3.8, 4) is 11.3 Å². The Morgan fingerprint density at radius 3 is 2.79 bits per heavy atom. The first kappa shape index (κ1) is 27.3. The quantitative estimate of drug-likeness (QED) is 0.296. The Morgan fingerprint density at radius 1 is 1.26 bits per heavy atom. The number of nitrogens with one attached hydrogen (secondary N) is 2. The lowest BCUT2D eigenvalue weighted by molar-refractivity contribution is -0.148. The molecule has 9 nitrogen and oxygen atoms in total. The second-order valence-corrected chi connectivity index (χ2v) is 10.4. The highest BCUT2D eigenvalue weighted by Gasteiger charge is 2.34. The minimum atomic E-state index is -0.862. The van der Waals surface area contributed by atoms with E-state index in [1.165, 1.54) is 25.3 Å². The molecule has 3 atom stereocenters. The van der Waals surface area contributed by atoms with Gasteiger partial charge in [0.1, 0.15) is 17.9 Å². The average Bonchev–Trinajstić information content (AvgIpc) is 3.33. The maximum absolute atomic E-state index is 14.3. The number of carbonyl (C=O) groups excluding carboxylic acids is 1. The number of carbonyl (C=O) groups is 1. The molecule has 0 radical (unpaired) electrons. The molecule has 1 aromatic carbocycles. The van der Waals surface area contributed by atoms with Crippen LogP contribution in [0.4, 0.5) is 8.78 Å². The number of piperidine rings is 1. The fourth-order valence-electron chi connectivity index (χ4n) is 5.69. The summed E-state index contributed by atoms with van der Waals surface area (Å²) in [5.41, 5.74) is 4.99. The summed E-state index contributed by atoms with van der Waals surface area (Å²) in [5.74, 6) is -2.09. The van der Waals surface area contributed by atoms with Crippen LogP contribution in [-0.2, 0) is 29.0 Å². The van der Waals surface area contributed by atoms with E-state index < -0.39 is 23.8 Å². The number of ether oxygens (including phenoxy) is 1. The van der Waals surface area contributed by atoms with E-state index >= 15 is 0 Å². The summed E-state index contributed by atoms with van der Waals surface area (Å²) in [6, 6.07) is 7.47. The lowest BCUT2D eigenvalue weighted by Gasteiger charge is -2.38. The number of halogens is 2. The number of nitrogens with zero attached hydrogens (tertiary/aromatic N) is 4. The minimum Gasteiger partial charge on any atom is -0.469 e. The molecule has 3 aromatic rings. The highest BCUT2D eigenvalue weighted by atomic mass is 19.1. The van der Waals surface area contributed by atoms with Crippen molar-refractivity contribution in [2.75, 3.05) is 33.3 Å². The van der Waals surface area contributed by atoms with Crippen LogP contribution >= 0.6 is 0 Å². The standard InChI is InChI=1S/C28H34F2N6O3/c1-17-10-18(6-8-31-17)27-22-15-35(9-7-25(22)33-34-27)16-26(37)32-20-11-19(28(38)39-2)12-36(13-20)14-21-23(29)4-3-5-24(21)30/h3-6,8,10,19-20,26,32,37H,7,9,11-16H2,1-2H3,(H,33,34). The third-order valence-corrected chi connectivity index (χ3v) is 7.55. The van der Waals surface area contributed by atoms with Crippen LogP contribution in [0.5, 0.6) is 0 Å². The summed E-state index contributed by atoms with van der Waals surface area (Å²) in [6.07, 6.45) is 2.15. The van der Waals surface area contributed by atoms with Gasteiger partial charge in [0, 0.05) is 86.0 Å². The second kappa shape index (κ2) is 11.9. The van der Waals surface area contributed by atoms with Gasteiger partial charge in [-0.3, -0.25) is 30.0 Å². The van der Waals surface area contributed by atoms with Crippen molar-refractivity contribution in [3.05, 3.63) is 70.7 Å². The second-order valence-electron chi connectivity index (χ2n) is 10.4. The smallest absolute Gasteiger partial charge is 0.310 e. The molecule has 0 saturated carbocycles. The SMILES string of the molecule is COC(=O)C1CC(NC(O)CN2CCc3[nH]nc(-c4ccnc(C)c4)c3C2)CN(Cc2c(F)cccc2F)C1. The van der Waals surface area contributed by atoms with Crippen molar-refractivity contribution in [1.82, 2.24) is 30.3 Å². The van der Waals surface area contributed by atoms with Gasteiger partial charge in [-0.15, -0.1) is 0 Å². The van der Waals surface area contributed by atoms with Gasteiger partial charge in [-0.25, -0.2) is 8.78 Å². The van der Waals surface area contributed by atoms with E-state index in [0.717, 1.165) is 41.2 Å². The summed E-state index contributed by atoms with van der Waals surface area (Å²) in [4.78, 5) is 20.7. The van der Waals surface area contributed by atoms with Crippen LogP contribution in [0.2, 0.25) is 0 Å². The summed E-state index contributed by atoms with van der Waals surface area (Å²) >= 11 is 0. The first-order valence-electron chi connectivity index (χ1n) is 13.2. The number of H-pyrrole nitrogens is 1. The zero-order valence-electron chi connectivity index (χ0n) is 22.2. The minimum absolute atomic E-state index is 0.0208. The van der Waals surface area contributed by atoms with Crippen molar-refractivity contribution in [2.24, 2.45) is 5.92 Å². The maximum atomic E-state index is 14.3. The van der Waals surface area contributed by atoms with Crippen LogP contribution in [-0.4, -0.2) is 81.6 Å². The van der Waals surface area contributed by atoms with Crippen molar-refractivity contribution < 1.29 is 23.4 Å². The van der Waals surface area contributed by atoms with Crippen LogP contribution in [0.1, 0.15) is 28.9 Å². The van der Waals surface area contributed by atoms with E-state index in [-0.39, 0.29) is 24.1 Å². The van der Waals surface area contributed by atoms with Gasteiger partial charge in [0.15, 0.2) is 0 Å². The van der Waals surface area contributed by atoms with Crippen LogP contribution in [0, 0.1) is 24.5 Å². The van der Waals surface area contributed by atoms with Gasteiger partial charge in [0.05, 0.1) is 18.7 Å². The van der Waals surface area contributed by atoms with Gasteiger partial charge in [0.2, 0.25) is 0 Å². The third kappa shape index (κ3) is 6.33. The van der Waals surface area contributed by atoms with E-state index in [1.807, 2.05) is 24.0 Å². The zero-order chi connectivity index (χ0) is 27.5. The Kier molecular flexibility index (Phi) is 8.31. The van der Waals surface area contributed by atoms with Gasteiger partial charge in [-0.2, -0.15) is 5.10 Å². The lowest BCUT2D eigenvalue weighted by atomic mass is 9.93. The Morgan fingerprint density at radius 2 is 2.05 bits per heavy atom. The number of esters is 1. The number of aromatic amines is 1. The van der Waals surface area contributed by atoms with E-state index in [2.05, 4.69) is 25.4 Å². The molecule has 2 aromatic heterocycles. The largest absolute Gasteiger partial charge is 0.469 e. The number of hydrogen-bond donors (Lipinski definition) is 3. The van der Waals surface area contributed by atoms with Crippen molar-refractivity contribution >= 4 is 5.97 Å². The Labute approximate surface area is 226 Å². The van der Waals surface area contributed by atoms with Crippen LogP contribution in [0.3, 0.4) is 0 Å².